The molecule has 0 saturated heterocycles. The third-order valence-electron chi connectivity index (χ3n) is 5.70. The Morgan fingerprint density at radius 2 is 1.91 bits per heavy atom. The van der Waals surface area contributed by atoms with E-state index in [1.54, 1.807) is 36.4 Å². The third kappa shape index (κ3) is 5.42. The molecule has 0 aromatic heterocycles. The van der Waals surface area contributed by atoms with Crippen LogP contribution >= 0.6 is 11.6 Å². The van der Waals surface area contributed by atoms with Crippen molar-refractivity contribution in [3.63, 3.8) is 0 Å². The molecule has 0 spiro atoms. The number of nitrogens with zero attached hydrogens (tertiary/aromatic N) is 1. The van der Waals surface area contributed by atoms with Gasteiger partial charge in [-0.1, -0.05) is 61.7 Å². The largest absolute Gasteiger partial charge is 0.493 e. The van der Waals surface area contributed by atoms with Crippen LogP contribution in [0.5, 0.6) is 17.2 Å². The average Bonchev–Trinajstić information content (AvgIpc) is 2.86. The predicted octanol–water partition coefficient (Wildman–Crippen LogP) is 6.35. The van der Waals surface area contributed by atoms with E-state index < -0.39 is 11.9 Å². The maximum absolute atomic E-state index is 12.6. The lowest BCUT2D eigenvalue weighted by atomic mass is 9.83. The van der Waals surface area contributed by atoms with Crippen LogP contribution in [0, 0.1) is 11.3 Å². The maximum Gasteiger partial charge on any atom is 0.343 e. The second-order valence-electron chi connectivity index (χ2n) is 8.12. The number of halogens is 1. The Kier molecular flexibility index (Phi) is 7.59. The fraction of sp³-hybridized carbons (Fsp3) is 0.214. The summed E-state index contributed by atoms with van der Waals surface area (Å²) in [4.78, 5) is 12.6. The number of carbonyl (C=O) groups excluding carboxylic acids is 1. The minimum atomic E-state index is -0.549. The van der Waals surface area contributed by atoms with E-state index in [1.165, 1.54) is 6.07 Å². The second-order valence-corrected chi connectivity index (χ2v) is 8.55. The van der Waals surface area contributed by atoms with Gasteiger partial charge in [-0.05, 0) is 36.8 Å². The molecule has 0 fully saturated rings. The highest BCUT2D eigenvalue weighted by molar-refractivity contribution is 6.30. The van der Waals surface area contributed by atoms with Crippen molar-refractivity contribution >= 4 is 17.6 Å². The van der Waals surface area contributed by atoms with E-state index in [2.05, 4.69) is 13.0 Å². The van der Waals surface area contributed by atoms with E-state index in [-0.39, 0.29) is 11.6 Å². The zero-order chi connectivity index (χ0) is 24.8. The molecule has 3 aromatic rings. The van der Waals surface area contributed by atoms with Crippen molar-refractivity contribution in [2.45, 2.75) is 32.1 Å². The molecule has 35 heavy (non-hydrogen) atoms. The highest BCUT2D eigenvalue weighted by atomic mass is 35.5. The number of hydrogen-bond donors (Lipinski definition) is 1. The van der Waals surface area contributed by atoms with Crippen LogP contribution in [0.4, 0.5) is 0 Å². The van der Waals surface area contributed by atoms with E-state index in [9.17, 15) is 10.1 Å². The Balaban J connectivity index is 1.66. The molecule has 178 valence electrons. The van der Waals surface area contributed by atoms with E-state index in [4.69, 9.17) is 31.5 Å². The molecule has 0 radical (unpaired) electrons. The van der Waals surface area contributed by atoms with Crippen LogP contribution in [0.15, 0.2) is 78.2 Å². The lowest BCUT2D eigenvalue weighted by molar-refractivity contribution is 0.0734. The fourth-order valence-electron chi connectivity index (χ4n) is 3.98. The van der Waals surface area contributed by atoms with Crippen LogP contribution in [0.2, 0.25) is 5.02 Å². The summed E-state index contributed by atoms with van der Waals surface area (Å²) in [6.07, 6.45) is 3.12. The molecule has 4 rings (SSSR count). The third-order valence-corrected chi connectivity index (χ3v) is 5.93. The molecule has 1 unspecified atom stereocenters. The van der Waals surface area contributed by atoms with Gasteiger partial charge in [0.05, 0.1) is 18.1 Å². The number of fused-ring (bicyclic) bond motifs is 1. The summed E-state index contributed by atoms with van der Waals surface area (Å²) in [5.74, 6) is 0.353. The summed E-state index contributed by atoms with van der Waals surface area (Å²) in [5.41, 5.74) is 8.32. The summed E-state index contributed by atoms with van der Waals surface area (Å²) in [6.45, 7) is 2.72. The first kappa shape index (κ1) is 24.2. The van der Waals surface area contributed by atoms with Crippen molar-refractivity contribution in [3.8, 4) is 23.3 Å². The van der Waals surface area contributed by atoms with Crippen LogP contribution in [0.3, 0.4) is 0 Å². The molecule has 0 aliphatic carbocycles. The van der Waals surface area contributed by atoms with Crippen molar-refractivity contribution in [1.82, 2.24) is 0 Å². The van der Waals surface area contributed by atoms with E-state index in [1.807, 2.05) is 24.3 Å². The molecule has 7 heteroatoms. The number of para-hydroxylation sites is 1. The van der Waals surface area contributed by atoms with Crippen molar-refractivity contribution in [2.24, 2.45) is 5.73 Å². The molecule has 0 bridgehead atoms. The number of esters is 1. The topological polar surface area (TPSA) is 94.6 Å². The first-order chi connectivity index (χ1) is 17.0. The van der Waals surface area contributed by atoms with E-state index in [0.717, 1.165) is 30.4 Å². The van der Waals surface area contributed by atoms with Gasteiger partial charge in [0.2, 0.25) is 5.88 Å². The first-order valence-corrected chi connectivity index (χ1v) is 11.8. The summed E-state index contributed by atoms with van der Waals surface area (Å²) in [5, 5.41) is 10.3. The van der Waals surface area contributed by atoms with Crippen LogP contribution in [-0.2, 0) is 0 Å². The van der Waals surface area contributed by atoms with E-state index in [0.29, 0.717) is 34.3 Å². The molecule has 1 aliphatic rings. The Morgan fingerprint density at radius 1 is 1.09 bits per heavy atom. The van der Waals surface area contributed by atoms with Gasteiger partial charge in [0.25, 0.3) is 0 Å². The van der Waals surface area contributed by atoms with Gasteiger partial charge >= 0.3 is 5.97 Å². The standard InChI is InChI=1S/C28H25ClN2O4/c1-2-3-6-14-33-24-11-5-4-10-21(24)26-22-13-12-20(16-25(22)35-27(31)23(26)17-30)34-28(32)18-8-7-9-19(29)15-18/h4-5,7-13,15-16,26H,2-3,6,14,31H2,1H3. The predicted molar refractivity (Wildman–Crippen MR) is 134 cm³/mol. The Bertz CT molecular complexity index is 1310. The maximum atomic E-state index is 12.6. The van der Waals surface area contributed by atoms with Crippen molar-refractivity contribution in [3.05, 3.63) is 99.9 Å². The van der Waals surface area contributed by atoms with Crippen molar-refractivity contribution in [1.29, 1.82) is 5.26 Å². The Morgan fingerprint density at radius 3 is 2.69 bits per heavy atom. The van der Waals surface area contributed by atoms with Gasteiger partial charge in [-0.2, -0.15) is 5.26 Å². The monoisotopic (exact) mass is 488 g/mol. The van der Waals surface area contributed by atoms with Crippen LogP contribution in [0.25, 0.3) is 0 Å². The van der Waals surface area contributed by atoms with Crippen molar-refractivity contribution in [2.75, 3.05) is 6.61 Å². The highest BCUT2D eigenvalue weighted by Gasteiger charge is 2.33. The Labute approximate surface area is 209 Å². The number of nitrogens with two attached hydrogens (primary N) is 1. The van der Waals surface area contributed by atoms with Gasteiger partial charge in [-0.25, -0.2) is 4.79 Å². The molecule has 1 heterocycles. The molecule has 3 aromatic carbocycles. The number of nitriles is 1. The lowest BCUT2D eigenvalue weighted by Crippen LogP contribution is -2.21. The number of carbonyl (C=O) groups is 1. The molecule has 0 saturated carbocycles. The number of unbranched alkanes of at least 4 members (excludes halogenated alkanes) is 2. The number of ether oxygens (including phenoxy) is 3. The minimum Gasteiger partial charge on any atom is -0.493 e. The normalized spacial score (nSPS) is 14.5. The number of benzene rings is 3. The van der Waals surface area contributed by atoms with Crippen LogP contribution in [0.1, 0.15) is 53.6 Å². The number of rotatable bonds is 8. The van der Waals surface area contributed by atoms with Gasteiger partial charge < -0.3 is 19.9 Å². The molecule has 0 amide bonds. The molecular weight excluding hydrogens is 464 g/mol. The summed E-state index contributed by atoms with van der Waals surface area (Å²) < 4.78 is 17.4. The summed E-state index contributed by atoms with van der Waals surface area (Å²) in [7, 11) is 0. The number of hydrogen-bond acceptors (Lipinski definition) is 6. The van der Waals surface area contributed by atoms with Crippen LogP contribution < -0.4 is 19.9 Å². The number of allylic oxidation sites excluding steroid dienone is 1. The summed E-state index contributed by atoms with van der Waals surface area (Å²) in [6, 6.07) is 21.4. The molecule has 1 atom stereocenters. The zero-order valence-corrected chi connectivity index (χ0v) is 20.0. The molecule has 2 N–H and O–H groups in total. The SMILES string of the molecule is CCCCCOc1ccccc1C1C(C#N)=C(N)Oc2cc(OC(=O)c3cccc(Cl)c3)ccc21. The van der Waals surface area contributed by atoms with Gasteiger partial charge in [0, 0.05) is 22.2 Å². The average molecular weight is 489 g/mol. The van der Waals surface area contributed by atoms with Gasteiger partial charge in [0.15, 0.2) is 0 Å². The summed E-state index contributed by atoms with van der Waals surface area (Å²) >= 11 is 5.98. The second kappa shape index (κ2) is 11.0. The van der Waals surface area contributed by atoms with Gasteiger partial charge in [0.1, 0.15) is 28.9 Å². The molecular formula is C28H25ClN2O4. The molecule has 1 aliphatic heterocycles. The van der Waals surface area contributed by atoms with Gasteiger partial charge in [-0.15, -0.1) is 0 Å². The quantitative estimate of drug-likeness (QED) is 0.225. The highest BCUT2D eigenvalue weighted by Crippen LogP contribution is 2.46. The molecule has 6 nitrogen and oxygen atoms in total. The van der Waals surface area contributed by atoms with Crippen molar-refractivity contribution < 1.29 is 19.0 Å². The van der Waals surface area contributed by atoms with Crippen LogP contribution in [-0.4, -0.2) is 12.6 Å². The first-order valence-electron chi connectivity index (χ1n) is 11.4. The lowest BCUT2D eigenvalue weighted by Gasteiger charge is -2.28. The smallest absolute Gasteiger partial charge is 0.343 e. The van der Waals surface area contributed by atoms with Gasteiger partial charge in [-0.3, -0.25) is 0 Å². The fourth-order valence-corrected chi connectivity index (χ4v) is 4.18. The zero-order valence-electron chi connectivity index (χ0n) is 19.3. The Hall–Kier alpha value is -3.95. The van der Waals surface area contributed by atoms with E-state index >= 15 is 0 Å². The minimum absolute atomic E-state index is 0.00380.